The number of carbonyl (C=O) groups is 1. The zero-order chi connectivity index (χ0) is 18.2. The minimum absolute atomic E-state index is 0.0805. The van der Waals surface area contributed by atoms with Gasteiger partial charge in [0.2, 0.25) is 5.91 Å². The Balaban J connectivity index is 1.92. The van der Waals surface area contributed by atoms with Crippen molar-refractivity contribution in [2.75, 3.05) is 37.5 Å². The summed E-state index contributed by atoms with van der Waals surface area (Å²) >= 11 is 0. The van der Waals surface area contributed by atoms with Crippen LogP contribution < -0.4 is 19.7 Å². The van der Waals surface area contributed by atoms with Crippen LogP contribution in [0, 0.1) is 6.92 Å². The van der Waals surface area contributed by atoms with Gasteiger partial charge >= 0.3 is 0 Å². The van der Waals surface area contributed by atoms with Crippen molar-refractivity contribution >= 4 is 17.3 Å². The van der Waals surface area contributed by atoms with Crippen LogP contribution in [-0.2, 0) is 4.79 Å². The molecule has 0 saturated heterocycles. The zero-order valence-corrected chi connectivity index (χ0v) is 15.3. The third kappa shape index (κ3) is 5.14. The number of rotatable bonds is 8. The SMILES string of the molecule is CCN(C)c1ccccc1NC(=O)CCOc1ccc(C)cc1OC. The summed E-state index contributed by atoms with van der Waals surface area (Å²) in [5.41, 5.74) is 2.91. The number of nitrogens with one attached hydrogen (secondary N) is 1. The number of hydrogen-bond acceptors (Lipinski definition) is 4. The van der Waals surface area contributed by atoms with Gasteiger partial charge in [0.05, 0.1) is 31.5 Å². The van der Waals surface area contributed by atoms with Crippen LogP contribution in [0.5, 0.6) is 11.5 Å². The van der Waals surface area contributed by atoms with E-state index >= 15 is 0 Å². The highest BCUT2D eigenvalue weighted by Crippen LogP contribution is 2.28. The molecule has 0 spiro atoms. The molecule has 5 heteroatoms. The summed E-state index contributed by atoms with van der Waals surface area (Å²) in [6, 6.07) is 13.5. The van der Waals surface area contributed by atoms with E-state index in [9.17, 15) is 4.79 Å². The maximum atomic E-state index is 12.2. The summed E-state index contributed by atoms with van der Waals surface area (Å²) in [6.45, 7) is 5.21. The highest BCUT2D eigenvalue weighted by atomic mass is 16.5. The number of carbonyl (C=O) groups excluding carboxylic acids is 1. The predicted octanol–water partition coefficient (Wildman–Crippen LogP) is 3.87. The van der Waals surface area contributed by atoms with Crippen molar-refractivity contribution < 1.29 is 14.3 Å². The van der Waals surface area contributed by atoms with Crippen molar-refractivity contribution in [1.29, 1.82) is 0 Å². The molecular formula is C20H26N2O3. The summed E-state index contributed by atoms with van der Waals surface area (Å²) in [5, 5.41) is 2.96. The summed E-state index contributed by atoms with van der Waals surface area (Å²) in [7, 11) is 3.60. The van der Waals surface area contributed by atoms with E-state index in [4.69, 9.17) is 9.47 Å². The predicted molar refractivity (Wildman–Crippen MR) is 102 cm³/mol. The number of anilines is 2. The largest absolute Gasteiger partial charge is 0.493 e. The molecular weight excluding hydrogens is 316 g/mol. The smallest absolute Gasteiger partial charge is 0.227 e. The van der Waals surface area contributed by atoms with Gasteiger partial charge in [-0.25, -0.2) is 0 Å². The molecule has 5 nitrogen and oxygen atoms in total. The van der Waals surface area contributed by atoms with Crippen molar-refractivity contribution in [3.8, 4) is 11.5 Å². The molecule has 0 radical (unpaired) electrons. The van der Waals surface area contributed by atoms with Crippen molar-refractivity contribution in [2.24, 2.45) is 0 Å². The molecule has 0 heterocycles. The molecule has 2 rings (SSSR count). The number of para-hydroxylation sites is 2. The Labute approximate surface area is 149 Å². The van der Waals surface area contributed by atoms with Gasteiger partial charge in [0.25, 0.3) is 0 Å². The van der Waals surface area contributed by atoms with Crippen molar-refractivity contribution in [3.05, 3.63) is 48.0 Å². The van der Waals surface area contributed by atoms with Crippen LogP contribution in [0.4, 0.5) is 11.4 Å². The van der Waals surface area contributed by atoms with E-state index in [1.54, 1.807) is 7.11 Å². The fraction of sp³-hybridized carbons (Fsp3) is 0.350. The van der Waals surface area contributed by atoms with Gasteiger partial charge in [-0.15, -0.1) is 0 Å². The van der Waals surface area contributed by atoms with Crippen LogP contribution in [-0.4, -0.2) is 33.2 Å². The van der Waals surface area contributed by atoms with Crippen LogP contribution >= 0.6 is 0 Å². The van der Waals surface area contributed by atoms with Crippen LogP contribution in [0.15, 0.2) is 42.5 Å². The van der Waals surface area contributed by atoms with Crippen molar-refractivity contribution in [3.63, 3.8) is 0 Å². The molecule has 0 saturated carbocycles. The molecule has 0 unspecified atom stereocenters. The maximum Gasteiger partial charge on any atom is 0.227 e. The van der Waals surface area contributed by atoms with Gasteiger partial charge in [0.15, 0.2) is 11.5 Å². The molecule has 134 valence electrons. The molecule has 0 fully saturated rings. The summed E-state index contributed by atoms with van der Waals surface area (Å²) in [5.74, 6) is 1.24. The van der Waals surface area contributed by atoms with E-state index in [1.807, 2.05) is 56.4 Å². The number of methoxy groups -OCH3 is 1. The number of ether oxygens (including phenoxy) is 2. The lowest BCUT2D eigenvalue weighted by Gasteiger charge is -2.20. The average molecular weight is 342 g/mol. The summed E-state index contributed by atoms with van der Waals surface area (Å²) in [4.78, 5) is 14.3. The van der Waals surface area contributed by atoms with E-state index in [-0.39, 0.29) is 18.9 Å². The van der Waals surface area contributed by atoms with E-state index in [1.165, 1.54) is 0 Å². The first-order valence-electron chi connectivity index (χ1n) is 8.42. The Kier molecular flexibility index (Phi) is 6.69. The third-order valence-electron chi connectivity index (χ3n) is 3.97. The van der Waals surface area contributed by atoms with Gasteiger partial charge in [0, 0.05) is 13.6 Å². The monoisotopic (exact) mass is 342 g/mol. The van der Waals surface area contributed by atoms with Gasteiger partial charge in [-0.05, 0) is 43.7 Å². The maximum absolute atomic E-state index is 12.2. The topological polar surface area (TPSA) is 50.8 Å². The van der Waals surface area contributed by atoms with Gasteiger partial charge in [-0.2, -0.15) is 0 Å². The normalized spacial score (nSPS) is 10.2. The molecule has 0 aliphatic heterocycles. The Morgan fingerprint density at radius 2 is 1.92 bits per heavy atom. The zero-order valence-electron chi connectivity index (χ0n) is 15.3. The van der Waals surface area contributed by atoms with E-state index < -0.39 is 0 Å². The van der Waals surface area contributed by atoms with Crippen molar-refractivity contribution in [1.82, 2.24) is 0 Å². The molecule has 0 bridgehead atoms. The lowest BCUT2D eigenvalue weighted by Crippen LogP contribution is -2.20. The molecule has 1 amide bonds. The number of benzene rings is 2. The Hall–Kier alpha value is -2.69. The quantitative estimate of drug-likeness (QED) is 0.791. The van der Waals surface area contributed by atoms with Gasteiger partial charge in [0.1, 0.15) is 0 Å². The molecule has 0 aliphatic rings. The molecule has 1 N–H and O–H groups in total. The first-order valence-corrected chi connectivity index (χ1v) is 8.42. The molecule has 2 aromatic carbocycles. The minimum atomic E-state index is -0.0805. The Morgan fingerprint density at radius 3 is 2.64 bits per heavy atom. The Bertz CT molecular complexity index is 716. The number of hydrogen-bond donors (Lipinski definition) is 1. The van der Waals surface area contributed by atoms with Crippen molar-refractivity contribution in [2.45, 2.75) is 20.3 Å². The van der Waals surface area contributed by atoms with Crippen LogP contribution in [0.25, 0.3) is 0 Å². The highest BCUT2D eigenvalue weighted by Gasteiger charge is 2.10. The lowest BCUT2D eigenvalue weighted by molar-refractivity contribution is -0.116. The van der Waals surface area contributed by atoms with Crippen LogP contribution in [0.2, 0.25) is 0 Å². The van der Waals surface area contributed by atoms with Gasteiger partial charge < -0.3 is 19.7 Å². The molecule has 2 aromatic rings. The second kappa shape index (κ2) is 8.97. The first-order chi connectivity index (χ1) is 12.0. The number of aryl methyl sites for hydroxylation is 1. The standard InChI is InChI=1S/C20H26N2O3/c1-5-22(3)17-9-7-6-8-16(17)21-20(23)12-13-25-18-11-10-15(2)14-19(18)24-4/h6-11,14H,5,12-13H2,1-4H3,(H,21,23). The van der Waals surface area contributed by atoms with Crippen LogP contribution in [0.3, 0.4) is 0 Å². The lowest BCUT2D eigenvalue weighted by atomic mass is 10.2. The fourth-order valence-electron chi connectivity index (χ4n) is 2.44. The number of amides is 1. The van der Waals surface area contributed by atoms with E-state index in [0.29, 0.717) is 11.5 Å². The molecule has 25 heavy (non-hydrogen) atoms. The average Bonchev–Trinajstić information content (AvgIpc) is 2.62. The molecule has 0 aromatic heterocycles. The fourth-order valence-corrected chi connectivity index (χ4v) is 2.44. The summed E-state index contributed by atoms with van der Waals surface area (Å²) in [6.07, 6.45) is 0.265. The molecule has 0 aliphatic carbocycles. The van der Waals surface area contributed by atoms with E-state index in [0.717, 1.165) is 23.5 Å². The van der Waals surface area contributed by atoms with Crippen LogP contribution in [0.1, 0.15) is 18.9 Å². The van der Waals surface area contributed by atoms with Gasteiger partial charge in [-0.1, -0.05) is 18.2 Å². The van der Waals surface area contributed by atoms with Gasteiger partial charge in [-0.3, -0.25) is 4.79 Å². The minimum Gasteiger partial charge on any atom is -0.493 e. The molecule has 0 atom stereocenters. The second-order valence-corrected chi connectivity index (χ2v) is 5.83. The Morgan fingerprint density at radius 1 is 1.16 bits per heavy atom. The third-order valence-corrected chi connectivity index (χ3v) is 3.97. The first kappa shape index (κ1) is 18.6. The summed E-state index contributed by atoms with van der Waals surface area (Å²) < 4.78 is 11.0. The number of nitrogens with zero attached hydrogens (tertiary/aromatic N) is 1. The second-order valence-electron chi connectivity index (χ2n) is 5.83. The van der Waals surface area contributed by atoms with E-state index in [2.05, 4.69) is 17.1 Å². The highest BCUT2D eigenvalue weighted by molar-refractivity contribution is 5.94.